The Morgan fingerprint density at radius 1 is 1.24 bits per heavy atom. The van der Waals surface area contributed by atoms with E-state index in [4.69, 9.17) is 9.47 Å². The summed E-state index contributed by atoms with van der Waals surface area (Å²) in [6.07, 6.45) is 1.29. The number of fused-ring (bicyclic) bond motifs is 1. The van der Waals surface area contributed by atoms with Crippen LogP contribution in [-0.2, 0) is 0 Å². The van der Waals surface area contributed by atoms with E-state index in [0.717, 1.165) is 12.1 Å². The number of aryl methyl sites for hydroxylation is 1. The van der Waals surface area contributed by atoms with Crippen LogP contribution in [0.25, 0.3) is 0 Å². The maximum Gasteiger partial charge on any atom is 0.282 e. The van der Waals surface area contributed by atoms with Gasteiger partial charge in [0.2, 0.25) is 11.6 Å². The third-order valence-electron chi connectivity index (χ3n) is 4.01. The van der Waals surface area contributed by atoms with Crippen LogP contribution < -0.4 is 14.3 Å². The zero-order valence-electron chi connectivity index (χ0n) is 14.8. The summed E-state index contributed by atoms with van der Waals surface area (Å²) in [5.74, 6) is -0.846. The smallest absolute Gasteiger partial charge is 0.282 e. The van der Waals surface area contributed by atoms with Gasteiger partial charge in [0.25, 0.3) is 5.69 Å². The number of benzene rings is 2. The number of rotatable bonds is 4. The van der Waals surface area contributed by atoms with Gasteiger partial charge in [-0.1, -0.05) is 0 Å². The van der Waals surface area contributed by atoms with Gasteiger partial charge in [0, 0.05) is 11.4 Å². The van der Waals surface area contributed by atoms with Crippen LogP contribution >= 0.6 is 11.3 Å². The Bertz CT molecular complexity index is 1220. The van der Waals surface area contributed by atoms with Crippen molar-refractivity contribution < 1.29 is 23.2 Å². The molecule has 1 aliphatic rings. The van der Waals surface area contributed by atoms with Crippen LogP contribution in [0.3, 0.4) is 0 Å². The maximum absolute atomic E-state index is 13.9. The molecule has 8 nitrogen and oxygen atoms in total. The molecule has 0 radical (unpaired) electrons. The van der Waals surface area contributed by atoms with Gasteiger partial charge in [-0.3, -0.25) is 10.1 Å². The molecule has 1 aliphatic heterocycles. The molecule has 0 saturated carbocycles. The summed E-state index contributed by atoms with van der Waals surface area (Å²) in [6, 6.07) is 5.79. The molecule has 3 aromatic rings. The second-order valence-electron chi connectivity index (χ2n) is 5.94. The Morgan fingerprint density at radius 3 is 2.72 bits per heavy atom. The van der Waals surface area contributed by atoms with E-state index < -0.39 is 16.6 Å². The molecule has 0 saturated heterocycles. The summed E-state index contributed by atoms with van der Waals surface area (Å²) in [7, 11) is 0. The Balaban J connectivity index is 1.77. The second kappa shape index (κ2) is 7.43. The van der Waals surface area contributed by atoms with Crippen LogP contribution in [0.1, 0.15) is 11.3 Å². The first-order valence-electron chi connectivity index (χ1n) is 8.21. The first-order valence-corrected chi connectivity index (χ1v) is 9.09. The molecule has 0 atom stereocenters. The van der Waals surface area contributed by atoms with Crippen molar-refractivity contribution in [3.05, 3.63) is 73.5 Å². The molecule has 0 spiro atoms. The number of hydrogen-bond acceptors (Lipinski definition) is 7. The predicted molar refractivity (Wildman–Crippen MR) is 101 cm³/mol. The Morgan fingerprint density at radius 2 is 2.00 bits per heavy atom. The number of nitrogens with zero attached hydrogens (tertiary/aromatic N) is 4. The number of hydrogen-bond donors (Lipinski definition) is 0. The minimum absolute atomic E-state index is 0.0161. The Kier molecular flexibility index (Phi) is 4.80. The first-order chi connectivity index (χ1) is 13.9. The van der Waals surface area contributed by atoms with Crippen molar-refractivity contribution in [2.45, 2.75) is 6.92 Å². The van der Waals surface area contributed by atoms with Crippen molar-refractivity contribution in [2.75, 3.05) is 6.79 Å². The fourth-order valence-corrected chi connectivity index (χ4v) is 3.42. The van der Waals surface area contributed by atoms with Crippen LogP contribution in [0.5, 0.6) is 11.5 Å². The fourth-order valence-electron chi connectivity index (χ4n) is 2.61. The summed E-state index contributed by atoms with van der Waals surface area (Å²) < 4.78 is 38.8. The number of halogens is 2. The van der Waals surface area contributed by atoms with Crippen molar-refractivity contribution in [1.29, 1.82) is 0 Å². The van der Waals surface area contributed by atoms with E-state index in [9.17, 15) is 18.9 Å². The summed E-state index contributed by atoms with van der Waals surface area (Å²) in [4.78, 5) is 15.3. The highest BCUT2D eigenvalue weighted by Gasteiger charge is 2.22. The standard InChI is InChI=1S/C18H12F2N4O4S/c1-10-8-29-18(22-14-3-2-12(19)5-13(14)20)23(10)21-7-11-4-16-17(28-9-27-16)6-15(11)24(25)26/h2-8H,9H2,1H3. The van der Waals surface area contributed by atoms with Crippen LogP contribution in [0.15, 0.2) is 45.8 Å². The highest BCUT2D eigenvalue weighted by Crippen LogP contribution is 2.37. The van der Waals surface area contributed by atoms with Gasteiger partial charge in [-0.25, -0.2) is 18.4 Å². The average molecular weight is 418 g/mol. The quantitative estimate of drug-likeness (QED) is 0.365. The molecular formula is C18H12F2N4O4S. The molecule has 29 heavy (non-hydrogen) atoms. The minimum atomic E-state index is -0.807. The van der Waals surface area contributed by atoms with Gasteiger partial charge < -0.3 is 9.47 Å². The molecule has 0 N–H and O–H groups in total. The van der Waals surface area contributed by atoms with Crippen LogP contribution in [-0.4, -0.2) is 22.6 Å². The van der Waals surface area contributed by atoms with Gasteiger partial charge in [-0.05, 0) is 25.1 Å². The Labute approximate surface area is 166 Å². The van der Waals surface area contributed by atoms with E-state index >= 15 is 0 Å². The third-order valence-corrected chi connectivity index (χ3v) is 4.94. The number of nitro benzene ring substituents is 1. The first kappa shape index (κ1) is 18.7. The SMILES string of the molecule is Cc1csc(=Nc2ccc(F)cc2F)n1N=Cc1cc2c(cc1[N+](=O)[O-])OCO2. The fraction of sp³-hybridized carbons (Fsp3) is 0.111. The van der Waals surface area contributed by atoms with E-state index in [0.29, 0.717) is 16.2 Å². The van der Waals surface area contributed by atoms with Crippen LogP contribution in [0.2, 0.25) is 0 Å². The average Bonchev–Trinajstić information content (AvgIpc) is 3.27. The predicted octanol–water partition coefficient (Wildman–Crippen LogP) is 3.89. The number of aromatic nitrogens is 1. The van der Waals surface area contributed by atoms with Gasteiger partial charge in [-0.15, -0.1) is 11.3 Å². The number of thiazole rings is 1. The number of ether oxygens (including phenoxy) is 2. The summed E-state index contributed by atoms with van der Waals surface area (Å²) in [5, 5.41) is 17.4. The largest absolute Gasteiger partial charge is 0.454 e. The topological polar surface area (TPSA) is 91.2 Å². The Hall–Kier alpha value is -3.60. The summed E-state index contributed by atoms with van der Waals surface area (Å²) >= 11 is 1.19. The molecular weight excluding hydrogens is 406 g/mol. The summed E-state index contributed by atoms with van der Waals surface area (Å²) in [5.41, 5.74) is 0.632. The lowest BCUT2D eigenvalue weighted by atomic mass is 10.1. The van der Waals surface area contributed by atoms with E-state index in [1.54, 1.807) is 12.3 Å². The molecule has 0 bridgehead atoms. The van der Waals surface area contributed by atoms with Crippen LogP contribution in [0, 0.1) is 28.7 Å². The lowest BCUT2D eigenvalue weighted by Gasteiger charge is -2.02. The molecule has 2 heterocycles. The molecule has 2 aromatic carbocycles. The second-order valence-corrected chi connectivity index (χ2v) is 6.78. The summed E-state index contributed by atoms with van der Waals surface area (Å²) in [6.45, 7) is 1.74. The molecule has 0 unspecified atom stereocenters. The van der Waals surface area contributed by atoms with Crippen LogP contribution in [0.4, 0.5) is 20.2 Å². The molecule has 0 amide bonds. The number of nitro groups is 1. The van der Waals surface area contributed by atoms with E-state index in [2.05, 4.69) is 10.1 Å². The monoisotopic (exact) mass is 418 g/mol. The van der Waals surface area contributed by atoms with Crippen molar-refractivity contribution in [3.8, 4) is 11.5 Å². The zero-order valence-corrected chi connectivity index (χ0v) is 15.7. The van der Waals surface area contributed by atoms with Crippen molar-refractivity contribution >= 4 is 28.9 Å². The zero-order chi connectivity index (χ0) is 20.5. The highest BCUT2D eigenvalue weighted by atomic mass is 32.1. The van der Waals surface area contributed by atoms with Gasteiger partial charge in [0.1, 0.15) is 11.5 Å². The molecule has 0 aliphatic carbocycles. The van der Waals surface area contributed by atoms with Gasteiger partial charge in [0.05, 0.1) is 28.5 Å². The third kappa shape index (κ3) is 3.72. The minimum Gasteiger partial charge on any atom is -0.454 e. The maximum atomic E-state index is 13.9. The lowest BCUT2D eigenvalue weighted by Crippen LogP contribution is -2.12. The van der Waals surface area contributed by atoms with Crippen molar-refractivity contribution in [3.63, 3.8) is 0 Å². The van der Waals surface area contributed by atoms with E-state index in [1.807, 2.05) is 0 Å². The van der Waals surface area contributed by atoms with Crippen molar-refractivity contribution in [1.82, 2.24) is 4.68 Å². The molecule has 11 heteroatoms. The lowest BCUT2D eigenvalue weighted by molar-refractivity contribution is -0.385. The van der Waals surface area contributed by atoms with Gasteiger partial charge >= 0.3 is 0 Å². The van der Waals surface area contributed by atoms with Gasteiger partial charge in [-0.2, -0.15) is 5.10 Å². The molecule has 4 rings (SSSR count). The highest BCUT2D eigenvalue weighted by molar-refractivity contribution is 7.07. The van der Waals surface area contributed by atoms with E-state index in [-0.39, 0.29) is 29.5 Å². The normalized spacial score (nSPS) is 13.4. The molecule has 148 valence electrons. The molecule has 0 fully saturated rings. The van der Waals surface area contributed by atoms with Crippen molar-refractivity contribution in [2.24, 2.45) is 10.1 Å². The van der Waals surface area contributed by atoms with Gasteiger partial charge in [0.15, 0.2) is 17.3 Å². The molecule has 1 aromatic heterocycles. The van der Waals surface area contributed by atoms with E-state index in [1.165, 1.54) is 40.4 Å².